The molecule has 0 saturated heterocycles. The molecule has 0 radical (unpaired) electrons. The van der Waals surface area contributed by atoms with Gasteiger partial charge in [0.2, 0.25) is 0 Å². The maximum Gasteiger partial charge on any atom is 0.124 e. The van der Waals surface area contributed by atoms with Crippen LogP contribution in [0.25, 0.3) is 11.0 Å². The van der Waals surface area contributed by atoms with Gasteiger partial charge in [0, 0.05) is 19.0 Å². The zero-order valence-corrected chi connectivity index (χ0v) is 11.9. The predicted molar refractivity (Wildman–Crippen MR) is 78.3 cm³/mol. The quantitative estimate of drug-likeness (QED) is 0.674. The van der Waals surface area contributed by atoms with Crippen molar-refractivity contribution in [3.8, 4) is 5.75 Å². The first kappa shape index (κ1) is 13.1. The molecule has 0 atom stereocenters. The lowest BCUT2D eigenvalue weighted by molar-refractivity contribution is 0.415. The normalized spacial score (nSPS) is 11.1. The minimum Gasteiger partial charge on any atom is -0.497 e. The summed E-state index contributed by atoms with van der Waals surface area (Å²) in [4.78, 5) is 4.56. The zero-order chi connectivity index (χ0) is 13.9. The van der Waals surface area contributed by atoms with Gasteiger partial charge in [-0.1, -0.05) is 0 Å². The Kier molecular flexibility index (Phi) is 3.65. The molecule has 104 valence electrons. The highest BCUT2D eigenvalue weighted by atomic mass is 35.5. The first-order chi connectivity index (χ1) is 9.81. The summed E-state index contributed by atoms with van der Waals surface area (Å²) in [5, 5.41) is 0. The van der Waals surface area contributed by atoms with Gasteiger partial charge < -0.3 is 13.7 Å². The Hall–Kier alpha value is -1.94. The Morgan fingerprint density at radius 3 is 2.95 bits per heavy atom. The van der Waals surface area contributed by atoms with Crippen molar-refractivity contribution >= 4 is 22.6 Å². The first-order valence-corrected chi connectivity index (χ1v) is 6.97. The summed E-state index contributed by atoms with van der Waals surface area (Å²) in [5.41, 5.74) is 1.97. The van der Waals surface area contributed by atoms with Gasteiger partial charge in [-0.25, -0.2) is 4.98 Å². The zero-order valence-electron chi connectivity index (χ0n) is 11.2. The maximum absolute atomic E-state index is 6.00. The monoisotopic (exact) mass is 290 g/mol. The van der Waals surface area contributed by atoms with E-state index in [9.17, 15) is 0 Å². The van der Waals surface area contributed by atoms with Crippen molar-refractivity contribution < 1.29 is 9.15 Å². The van der Waals surface area contributed by atoms with Crippen LogP contribution in [0.3, 0.4) is 0 Å². The number of nitrogens with zero attached hydrogens (tertiary/aromatic N) is 2. The fourth-order valence-corrected chi connectivity index (χ4v) is 2.52. The fraction of sp³-hybridized carbons (Fsp3) is 0.267. The van der Waals surface area contributed by atoms with E-state index in [4.69, 9.17) is 20.8 Å². The molecule has 5 heteroatoms. The van der Waals surface area contributed by atoms with Crippen molar-refractivity contribution in [1.29, 1.82) is 0 Å². The second-order valence-corrected chi connectivity index (χ2v) is 4.76. The van der Waals surface area contributed by atoms with Gasteiger partial charge in [0.15, 0.2) is 0 Å². The lowest BCUT2D eigenvalue weighted by Gasteiger charge is -2.06. The van der Waals surface area contributed by atoms with Crippen molar-refractivity contribution in [1.82, 2.24) is 9.55 Å². The number of hydrogen-bond acceptors (Lipinski definition) is 3. The second-order valence-electron chi connectivity index (χ2n) is 4.50. The van der Waals surface area contributed by atoms with Crippen molar-refractivity contribution in [2.24, 2.45) is 0 Å². The standard InChI is InChI=1S/C15H15ClN2O2/c1-19-12-4-5-14-13(9-12)17-15(10-16)18(14)7-6-11-3-2-8-20-11/h2-5,8-9H,6-7,10H2,1H3. The average Bonchev–Trinajstić information content (AvgIpc) is 3.11. The number of imidazole rings is 1. The fourth-order valence-electron chi connectivity index (χ4n) is 2.31. The summed E-state index contributed by atoms with van der Waals surface area (Å²) in [5.74, 6) is 3.01. The third-order valence-electron chi connectivity index (χ3n) is 3.32. The molecule has 0 N–H and O–H groups in total. The number of halogens is 1. The number of ether oxygens (including phenoxy) is 1. The van der Waals surface area contributed by atoms with E-state index < -0.39 is 0 Å². The van der Waals surface area contributed by atoms with Gasteiger partial charge in [0.1, 0.15) is 17.3 Å². The molecule has 0 saturated carbocycles. The molecule has 0 amide bonds. The molecule has 0 unspecified atom stereocenters. The number of methoxy groups -OCH3 is 1. The van der Waals surface area contributed by atoms with Crippen LogP contribution >= 0.6 is 11.6 Å². The van der Waals surface area contributed by atoms with Crippen molar-refractivity contribution in [2.45, 2.75) is 18.8 Å². The number of hydrogen-bond donors (Lipinski definition) is 0. The van der Waals surface area contributed by atoms with E-state index in [1.165, 1.54) is 0 Å². The van der Waals surface area contributed by atoms with Gasteiger partial charge in [-0.05, 0) is 24.3 Å². The molecule has 3 rings (SSSR count). The van der Waals surface area contributed by atoms with E-state index in [-0.39, 0.29) is 0 Å². The highest BCUT2D eigenvalue weighted by Crippen LogP contribution is 2.23. The number of fused-ring (bicyclic) bond motifs is 1. The van der Waals surface area contributed by atoms with E-state index in [0.29, 0.717) is 5.88 Å². The molecule has 4 nitrogen and oxygen atoms in total. The summed E-state index contributed by atoms with van der Waals surface area (Å²) >= 11 is 6.00. The van der Waals surface area contributed by atoms with Crippen LogP contribution in [0.1, 0.15) is 11.6 Å². The molecular formula is C15H15ClN2O2. The molecule has 0 spiro atoms. The minimum absolute atomic E-state index is 0.384. The highest BCUT2D eigenvalue weighted by Gasteiger charge is 2.11. The molecule has 0 aliphatic heterocycles. The minimum atomic E-state index is 0.384. The number of rotatable bonds is 5. The third kappa shape index (κ3) is 2.39. The van der Waals surface area contributed by atoms with Crippen LogP contribution in [0, 0.1) is 0 Å². The molecule has 1 aromatic carbocycles. The van der Waals surface area contributed by atoms with Gasteiger partial charge in [-0.3, -0.25) is 0 Å². The first-order valence-electron chi connectivity index (χ1n) is 6.43. The Morgan fingerprint density at radius 2 is 2.25 bits per heavy atom. The number of aryl methyl sites for hydroxylation is 2. The Labute approximate surface area is 121 Å². The average molecular weight is 291 g/mol. The number of aromatic nitrogens is 2. The topological polar surface area (TPSA) is 40.2 Å². The van der Waals surface area contributed by atoms with Gasteiger partial charge in [-0.15, -0.1) is 11.6 Å². The van der Waals surface area contributed by atoms with Crippen LogP contribution in [0.5, 0.6) is 5.75 Å². The lowest BCUT2D eigenvalue weighted by Crippen LogP contribution is -2.04. The van der Waals surface area contributed by atoms with E-state index in [1.807, 2.05) is 30.3 Å². The van der Waals surface area contributed by atoms with Gasteiger partial charge >= 0.3 is 0 Å². The Bertz CT molecular complexity index is 704. The summed E-state index contributed by atoms with van der Waals surface area (Å²) in [6.07, 6.45) is 2.50. The molecule has 0 aliphatic carbocycles. The van der Waals surface area contributed by atoms with E-state index in [2.05, 4.69) is 9.55 Å². The molecule has 3 aromatic rings. The molecule has 2 aromatic heterocycles. The predicted octanol–water partition coefficient (Wildman–Crippen LogP) is 3.62. The van der Waals surface area contributed by atoms with Gasteiger partial charge in [-0.2, -0.15) is 0 Å². The van der Waals surface area contributed by atoms with Crippen LogP contribution in [-0.2, 0) is 18.8 Å². The molecule has 0 bridgehead atoms. The SMILES string of the molecule is COc1ccc2c(c1)nc(CCl)n2CCc1ccco1. The number of benzene rings is 1. The van der Waals surface area contributed by atoms with Gasteiger partial charge in [0.25, 0.3) is 0 Å². The maximum atomic E-state index is 6.00. The van der Waals surface area contributed by atoms with Crippen molar-refractivity contribution in [3.63, 3.8) is 0 Å². The molecular weight excluding hydrogens is 276 g/mol. The van der Waals surface area contributed by atoms with Crippen LogP contribution in [0.15, 0.2) is 41.0 Å². The van der Waals surface area contributed by atoms with Gasteiger partial charge in [0.05, 0.1) is 30.3 Å². The highest BCUT2D eigenvalue weighted by molar-refractivity contribution is 6.16. The van der Waals surface area contributed by atoms with Crippen LogP contribution in [0.2, 0.25) is 0 Å². The largest absolute Gasteiger partial charge is 0.497 e. The Balaban J connectivity index is 1.95. The summed E-state index contributed by atoms with van der Waals surface area (Å²) in [7, 11) is 1.65. The van der Waals surface area contributed by atoms with E-state index in [0.717, 1.165) is 41.3 Å². The molecule has 2 heterocycles. The summed E-state index contributed by atoms with van der Waals surface area (Å²) in [6.45, 7) is 0.790. The van der Waals surface area contributed by atoms with Crippen LogP contribution in [-0.4, -0.2) is 16.7 Å². The molecule has 0 aliphatic rings. The van der Waals surface area contributed by atoms with E-state index >= 15 is 0 Å². The smallest absolute Gasteiger partial charge is 0.124 e. The van der Waals surface area contributed by atoms with Crippen molar-refractivity contribution in [3.05, 3.63) is 48.2 Å². The molecule has 20 heavy (non-hydrogen) atoms. The summed E-state index contributed by atoms with van der Waals surface area (Å²) < 4.78 is 12.7. The van der Waals surface area contributed by atoms with Crippen molar-refractivity contribution in [2.75, 3.05) is 7.11 Å². The number of furan rings is 1. The van der Waals surface area contributed by atoms with Crippen LogP contribution in [0.4, 0.5) is 0 Å². The third-order valence-corrected chi connectivity index (χ3v) is 3.55. The Morgan fingerprint density at radius 1 is 1.35 bits per heavy atom. The number of alkyl halides is 1. The lowest BCUT2D eigenvalue weighted by atomic mass is 10.3. The van der Waals surface area contributed by atoms with E-state index in [1.54, 1.807) is 13.4 Å². The van der Waals surface area contributed by atoms with Crippen LogP contribution < -0.4 is 4.74 Å². The molecule has 0 fully saturated rings. The second kappa shape index (κ2) is 5.59. The summed E-state index contributed by atoms with van der Waals surface area (Å²) in [6, 6.07) is 9.75.